The van der Waals surface area contributed by atoms with E-state index in [4.69, 9.17) is 79.3 Å². The fourth-order valence-electron chi connectivity index (χ4n) is 18.7. The number of nitrogens with one attached hydrogen (secondary N) is 1. The van der Waals surface area contributed by atoms with Crippen molar-refractivity contribution in [3.8, 4) is 11.3 Å². The molecular formula is C100H136N18O21. The van der Waals surface area contributed by atoms with Crippen LogP contribution in [0.4, 0.5) is 28.5 Å². The Morgan fingerprint density at radius 1 is 0.719 bits per heavy atom. The largest absolute Gasteiger partial charge is 0.459 e. The minimum Gasteiger partial charge on any atom is -0.459 e. The number of likely N-dealkylation sites (tertiary alicyclic amines) is 1. The van der Waals surface area contributed by atoms with Crippen LogP contribution in [-0.2, 0) is 104 Å². The molecule has 7 aromatic rings. The number of nitrogen functional groups attached to an aromatic ring is 2. The van der Waals surface area contributed by atoms with Crippen LogP contribution in [0.5, 0.6) is 0 Å². The number of carbonyl (C=O) groups excluding carboxylic acids is 8. The van der Waals surface area contributed by atoms with Crippen molar-refractivity contribution in [1.29, 1.82) is 0 Å². The molecule has 13 rings (SSSR count). The number of aliphatic hydroxyl groups is 3. The Labute approximate surface area is 809 Å². The van der Waals surface area contributed by atoms with Gasteiger partial charge in [0, 0.05) is 146 Å². The molecule has 4 fully saturated rings. The number of rotatable bonds is 46. The van der Waals surface area contributed by atoms with Crippen molar-refractivity contribution in [2.24, 2.45) is 35.3 Å². The van der Waals surface area contributed by atoms with Crippen molar-refractivity contribution < 1.29 is 101 Å². The van der Waals surface area contributed by atoms with Gasteiger partial charge in [0.1, 0.15) is 59.6 Å². The number of nitrogens with zero attached hydrogens (tertiary/aromatic N) is 14. The molecule has 5 aromatic heterocycles. The highest BCUT2D eigenvalue weighted by molar-refractivity contribution is 6.39. The van der Waals surface area contributed by atoms with Crippen molar-refractivity contribution in [2.75, 3.05) is 141 Å². The number of allylic oxidation sites excluding steroid dienone is 5. The molecule has 0 bridgehead atoms. The van der Waals surface area contributed by atoms with Crippen LogP contribution in [-0.4, -0.2) is 302 Å². The number of aliphatic hydroxyl groups excluding tert-OH is 2. The fraction of sp³-hybridized carbons (Fsp3) is 0.580. The van der Waals surface area contributed by atoms with Crippen molar-refractivity contribution in [1.82, 2.24) is 64.7 Å². The van der Waals surface area contributed by atoms with Crippen LogP contribution < -0.4 is 32.3 Å². The Morgan fingerprint density at radius 2 is 1.42 bits per heavy atom. The van der Waals surface area contributed by atoms with Crippen LogP contribution in [0.25, 0.3) is 33.4 Å². The van der Waals surface area contributed by atoms with Gasteiger partial charge in [-0.05, 0) is 142 Å². The van der Waals surface area contributed by atoms with E-state index in [-0.39, 0.29) is 94.0 Å². The van der Waals surface area contributed by atoms with Gasteiger partial charge in [-0.3, -0.25) is 28.8 Å². The van der Waals surface area contributed by atoms with Crippen molar-refractivity contribution >= 4 is 93.0 Å². The predicted molar refractivity (Wildman–Crippen MR) is 515 cm³/mol. The minimum atomic E-state index is -2.51. The van der Waals surface area contributed by atoms with E-state index in [1.165, 1.54) is 24.3 Å². The average Bonchev–Trinajstić information content (AvgIpc) is 1.62. The van der Waals surface area contributed by atoms with Crippen LogP contribution in [0, 0.1) is 29.6 Å². The van der Waals surface area contributed by atoms with Gasteiger partial charge in [-0.2, -0.15) is 10.1 Å². The minimum absolute atomic E-state index is 0.0163. The van der Waals surface area contributed by atoms with E-state index in [0.717, 1.165) is 44.8 Å². The number of esters is 1. The molecule has 1 aliphatic carbocycles. The summed E-state index contributed by atoms with van der Waals surface area (Å²) in [6.45, 7) is 23.4. The van der Waals surface area contributed by atoms with E-state index in [1.807, 2.05) is 70.8 Å². The number of benzene rings is 2. The Kier molecular flexibility index (Phi) is 37.4. The highest BCUT2D eigenvalue weighted by atomic mass is 16.6. The quantitative estimate of drug-likeness (QED) is 0.00626. The summed E-state index contributed by atoms with van der Waals surface area (Å²) >= 11 is 0. The monoisotopic (exact) mass is 1930 g/mol. The second kappa shape index (κ2) is 49.6. The number of ether oxygens (including phenoxy) is 9. The first-order valence-electron chi connectivity index (χ1n) is 48.5. The summed E-state index contributed by atoms with van der Waals surface area (Å²) in [5.41, 5.74) is 28.7. The van der Waals surface area contributed by atoms with E-state index in [0.29, 0.717) is 213 Å². The number of nitrogens with two attached hydrogens (primary N) is 3. The molecule has 10 N–H and O–H groups in total. The van der Waals surface area contributed by atoms with Gasteiger partial charge in [0.25, 0.3) is 23.6 Å². The number of fused-ring (bicyclic) bond motifs is 4. The topological polar surface area (TPSA) is 508 Å². The lowest BCUT2D eigenvalue weighted by Crippen LogP contribution is -2.61. The van der Waals surface area contributed by atoms with E-state index >= 15 is 0 Å². The maximum Gasteiger partial charge on any atom is 0.410 e. The Morgan fingerprint density at radius 3 is 2.14 bits per heavy atom. The molecule has 752 valence electrons. The van der Waals surface area contributed by atoms with Gasteiger partial charge in [0.05, 0.1) is 107 Å². The molecule has 0 spiro atoms. The third kappa shape index (κ3) is 27.4. The van der Waals surface area contributed by atoms with Gasteiger partial charge in [0.15, 0.2) is 17.0 Å². The van der Waals surface area contributed by atoms with Crippen LogP contribution >= 0.6 is 0 Å². The lowest BCUT2D eigenvalue weighted by Gasteiger charge is -2.42. The number of methoxy groups -OCH3 is 2. The normalized spacial score (nSPS) is 21.4. The summed E-state index contributed by atoms with van der Waals surface area (Å²) in [5, 5.41) is 41.0. The number of aromatic nitrogens is 9. The SMILES string of the molecule is C=C(C)[C@@H](O)[C@@H](O)C(=O)[C@H](C)C[C@H](C)/C=C/C=C/C=C(\C)[C@H](C[C@@H]1CC[C@@H](C)[C@](O)(C(=O)C(=O)N2CCCC[C@H]2C(=O)O[C@@H](CC(=O)C(C)C)[C@H](N)C[C@@H]2CC[C@@H](OC(=O)N3CCc4nc(N5CCN(c6ncc(C(=O)NCCOCCOCCOCCOCCC(=O)N7CCc8cc(Cn9nc(-c%10ccc%11oc(N)nc%11c%10)c%10c(N)ncnc%109)ccc8C7)cn6)CC5)ncc4C3)[C@H](OC)C2)O1)OC. The summed E-state index contributed by atoms with van der Waals surface area (Å²) in [4.78, 5) is 151. The molecule has 39 nitrogen and oxygen atoms in total. The molecule has 10 heterocycles. The zero-order chi connectivity index (χ0) is 99.1. The summed E-state index contributed by atoms with van der Waals surface area (Å²) in [6.07, 6.45) is 14.6. The maximum absolute atomic E-state index is 14.5. The first-order chi connectivity index (χ1) is 66.8. The summed E-state index contributed by atoms with van der Waals surface area (Å²) in [6, 6.07) is 9.85. The number of oxazole rings is 1. The third-order valence-electron chi connectivity index (χ3n) is 27.1. The highest BCUT2D eigenvalue weighted by Crippen LogP contribution is 2.40. The van der Waals surface area contributed by atoms with Crippen molar-refractivity contribution in [3.63, 3.8) is 0 Å². The van der Waals surface area contributed by atoms with Gasteiger partial charge >= 0.3 is 12.1 Å². The number of piperazine rings is 1. The first kappa shape index (κ1) is 105. The predicted octanol–water partition coefficient (Wildman–Crippen LogP) is 7.89. The molecule has 2 aromatic carbocycles. The van der Waals surface area contributed by atoms with Gasteiger partial charge in [0.2, 0.25) is 23.6 Å². The highest BCUT2D eigenvalue weighted by Gasteiger charge is 2.54. The standard InChI is InChI=1S/C100H136N18O21/c1-60(2)78(119)52-82(136-95(127)77-18-14-15-31-117(77)94(126)90(124)100(129)65(8)19-24-73(139-100)51-81(130-9)63(6)17-13-11-12-16-62(5)46-64(7)88(122)89(123)87(121)61(3)4)74(101)48-66-21-25-80(83(49-66)131-10)138-99(128)116-33-28-75-72(58-116)55-107-98(111-75)114-36-34-113(35-37-114)97-105-53-71(54-106-97)93(125)104-30-39-133-41-43-135-45-44-134-42-40-132-38-29-84(120)115-32-27-68-47-67(20-22-70(68)57-115)56-118-92-85(91(102)108-59-109-92)86(112-118)69-23-26-79-76(50-69)110-96(103)137-79/h11-13,16-17,20,22-23,26,47,50,53-55,59-60,62,64-66,73-74,77,80-83,87,89,121,123,129H,3,14-15,18-19,21,24-25,27-46,48-49,51-52,56-58,101H2,1-2,4-10H3,(H2,103,110)(H,104,125)(H2,102,108,109)/b13-11+,16-12+,63-17+/t62-,64-,65-,66+,73+,74-,77+,80-,81+,82+,83-,87-,89-,100-/m1/s1. The molecule has 5 aliphatic heterocycles. The van der Waals surface area contributed by atoms with E-state index in [9.17, 15) is 53.7 Å². The lowest BCUT2D eigenvalue weighted by atomic mass is 9.80. The van der Waals surface area contributed by atoms with E-state index in [1.54, 1.807) is 66.0 Å². The van der Waals surface area contributed by atoms with Crippen LogP contribution in [0.1, 0.15) is 170 Å². The third-order valence-corrected chi connectivity index (χ3v) is 27.1. The Balaban J connectivity index is 0.470. The van der Waals surface area contributed by atoms with Crippen LogP contribution in [0.2, 0.25) is 0 Å². The number of anilines is 4. The van der Waals surface area contributed by atoms with Crippen LogP contribution in [0.15, 0.2) is 114 Å². The zero-order valence-electron chi connectivity index (χ0n) is 81.2. The van der Waals surface area contributed by atoms with E-state index in [2.05, 4.69) is 59.9 Å². The van der Waals surface area contributed by atoms with Crippen LogP contribution in [0.3, 0.4) is 0 Å². The number of ketones is 3. The molecule has 0 radical (unpaired) electrons. The maximum atomic E-state index is 14.5. The number of hydrogen-bond donors (Lipinski definition) is 7. The molecule has 4 amide bonds. The molecule has 0 unspecified atom stereocenters. The number of hydrogen-bond acceptors (Lipinski definition) is 34. The Bertz CT molecular complexity index is 5510. The summed E-state index contributed by atoms with van der Waals surface area (Å²) in [5.74, 6) is -6.92. The average molecular weight is 1930 g/mol. The Hall–Kier alpha value is -11.5. The zero-order valence-corrected chi connectivity index (χ0v) is 81.2. The summed E-state index contributed by atoms with van der Waals surface area (Å²) < 4.78 is 60.4. The number of Topliss-reactive ketones (excluding diaryl/α,β-unsaturated/α-hetero) is 3. The first-order valence-corrected chi connectivity index (χ1v) is 48.5. The van der Waals surface area contributed by atoms with Crippen molar-refractivity contribution in [2.45, 2.75) is 225 Å². The second-order valence-corrected chi connectivity index (χ2v) is 37.6. The van der Waals surface area contributed by atoms with Gasteiger partial charge < -0.3 is 109 Å². The summed E-state index contributed by atoms with van der Waals surface area (Å²) in [7, 11) is 3.11. The molecule has 39 heteroatoms. The number of amides is 4. The van der Waals surface area contributed by atoms with E-state index < -0.39 is 108 Å². The molecule has 139 heavy (non-hydrogen) atoms. The lowest BCUT2D eigenvalue weighted by molar-refractivity contribution is -0.265. The van der Waals surface area contributed by atoms with Gasteiger partial charge in [-0.15, -0.1) is 0 Å². The van der Waals surface area contributed by atoms with Crippen molar-refractivity contribution in [3.05, 3.63) is 143 Å². The number of piperidine rings is 1. The molecular weight excluding hydrogens is 1790 g/mol. The van der Waals surface area contributed by atoms with Gasteiger partial charge in [-0.1, -0.05) is 89.8 Å². The number of carbonyl (C=O) groups is 8. The molecule has 6 aliphatic rings. The molecule has 14 atom stereocenters. The molecule has 3 saturated heterocycles. The fourth-order valence-corrected chi connectivity index (χ4v) is 18.7. The molecule has 1 saturated carbocycles. The smallest absolute Gasteiger partial charge is 0.410 e. The second-order valence-electron chi connectivity index (χ2n) is 37.6. The van der Waals surface area contributed by atoms with Gasteiger partial charge in [-0.25, -0.2) is 44.2 Å².